The molecule has 0 aliphatic heterocycles. The number of H-pyrrole nitrogens is 1. The first-order valence-corrected chi connectivity index (χ1v) is 11.4. The van der Waals surface area contributed by atoms with E-state index in [1.54, 1.807) is 26.4 Å². The summed E-state index contributed by atoms with van der Waals surface area (Å²) in [6, 6.07) is 21.1. The Bertz CT molecular complexity index is 1330. The van der Waals surface area contributed by atoms with Crippen LogP contribution >= 0.6 is 0 Å². The first kappa shape index (κ1) is 23.9. The van der Waals surface area contributed by atoms with Gasteiger partial charge in [-0.15, -0.1) is 0 Å². The number of methoxy groups -OCH3 is 2. The second-order valence-corrected chi connectivity index (χ2v) is 8.28. The highest BCUT2D eigenvalue weighted by atomic mass is 16.5. The lowest BCUT2D eigenvalue weighted by molar-refractivity contribution is -0.120. The summed E-state index contributed by atoms with van der Waals surface area (Å²) in [6.07, 6.45) is 2.22. The van der Waals surface area contributed by atoms with Crippen molar-refractivity contribution in [3.05, 3.63) is 89.6 Å². The van der Waals surface area contributed by atoms with Gasteiger partial charge in [-0.1, -0.05) is 42.5 Å². The molecule has 35 heavy (non-hydrogen) atoms. The fourth-order valence-corrected chi connectivity index (χ4v) is 4.33. The summed E-state index contributed by atoms with van der Waals surface area (Å²) < 4.78 is 11.2. The maximum absolute atomic E-state index is 12.9. The predicted octanol–water partition coefficient (Wildman–Crippen LogP) is 4.63. The summed E-state index contributed by atoms with van der Waals surface area (Å²) in [6.45, 7) is 1.84. The summed E-state index contributed by atoms with van der Waals surface area (Å²) >= 11 is 0. The van der Waals surface area contributed by atoms with E-state index in [1.807, 2.05) is 54.7 Å². The normalized spacial score (nSPS) is 11.6. The SMILES string of the molecule is COc1cccc(C(CNC(=O)Cc2ccc(NC(C)=O)cc2)c2c[nH]c3ccccc23)c1OC. The third-order valence-corrected chi connectivity index (χ3v) is 5.95. The minimum Gasteiger partial charge on any atom is -0.493 e. The van der Waals surface area contributed by atoms with E-state index < -0.39 is 0 Å². The number of rotatable bonds is 9. The monoisotopic (exact) mass is 471 g/mol. The van der Waals surface area contributed by atoms with Gasteiger partial charge < -0.3 is 25.1 Å². The molecule has 0 fully saturated rings. The van der Waals surface area contributed by atoms with Crippen LogP contribution in [-0.4, -0.2) is 37.6 Å². The summed E-state index contributed by atoms with van der Waals surface area (Å²) in [5.41, 5.74) is 4.58. The molecule has 180 valence electrons. The lowest BCUT2D eigenvalue weighted by atomic mass is 9.89. The van der Waals surface area contributed by atoms with Crippen LogP contribution in [0.25, 0.3) is 10.9 Å². The van der Waals surface area contributed by atoms with Crippen molar-refractivity contribution >= 4 is 28.4 Å². The van der Waals surface area contributed by atoms with E-state index in [0.29, 0.717) is 23.7 Å². The lowest BCUT2D eigenvalue weighted by Gasteiger charge is -2.22. The van der Waals surface area contributed by atoms with Gasteiger partial charge in [0.25, 0.3) is 0 Å². The van der Waals surface area contributed by atoms with Gasteiger partial charge in [-0.3, -0.25) is 9.59 Å². The fraction of sp³-hybridized carbons (Fsp3) is 0.214. The van der Waals surface area contributed by atoms with Crippen LogP contribution in [0.4, 0.5) is 5.69 Å². The van der Waals surface area contributed by atoms with E-state index >= 15 is 0 Å². The number of nitrogens with one attached hydrogen (secondary N) is 3. The van der Waals surface area contributed by atoms with Crippen molar-refractivity contribution in [3.63, 3.8) is 0 Å². The van der Waals surface area contributed by atoms with Crippen molar-refractivity contribution < 1.29 is 19.1 Å². The molecule has 1 heterocycles. The first-order chi connectivity index (χ1) is 17.0. The molecule has 0 bridgehead atoms. The summed E-state index contributed by atoms with van der Waals surface area (Å²) in [7, 11) is 3.23. The van der Waals surface area contributed by atoms with Gasteiger partial charge in [0.05, 0.1) is 20.6 Å². The molecule has 3 aromatic carbocycles. The van der Waals surface area contributed by atoms with Crippen LogP contribution in [-0.2, 0) is 16.0 Å². The standard InChI is InChI=1S/C28H29N3O4/c1-18(32)31-20-13-11-19(12-14-20)15-27(33)30-17-24(22-8-6-10-26(34-2)28(22)35-3)23-16-29-25-9-5-4-7-21(23)25/h4-14,16,24,29H,15,17H2,1-3H3,(H,30,33)(H,31,32). The number of amides is 2. The third kappa shape index (κ3) is 5.46. The second-order valence-electron chi connectivity index (χ2n) is 8.28. The Kier molecular flexibility index (Phi) is 7.35. The van der Waals surface area contributed by atoms with Crippen LogP contribution in [0.2, 0.25) is 0 Å². The molecule has 1 atom stereocenters. The van der Waals surface area contributed by atoms with Gasteiger partial charge in [-0.25, -0.2) is 0 Å². The highest BCUT2D eigenvalue weighted by molar-refractivity contribution is 5.88. The van der Waals surface area contributed by atoms with Crippen molar-refractivity contribution in [2.75, 3.05) is 26.1 Å². The quantitative estimate of drug-likeness (QED) is 0.332. The second kappa shape index (κ2) is 10.8. The van der Waals surface area contributed by atoms with E-state index in [9.17, 15) is 9.59 Å². The number of hydrogen-bond donors (Lipinski definition) is 3. The zero-order valence-corrected chi connectivity index (χ0v) is 20.1. The Hall–Kier alpha value is -4.26. The first-order valence-electron chi connectivity index (χ1n) is 11.4. The Morgan fingerprint density at radius 2 is 1.69 bits per heavy atom. The number of para-hydroxylation sites is 2. The number of carbonyl (C=O) groups is 2. The Morgan fingerprint density at radius 3 is 2.40 bits per heavy atom. The van der Waals surface area contributed by atoms with E-state index in [4.69, 9.17) is 9.47 Å². The van der Waals surface area contributed by atoms with Gasteiger partial charge in [0.15, 0.2) is 11.5 Å². The molecule has 0 saturated heterocycles. The van der Waals surface area contributed by atoms with E-state index in [1.165, 1.54) is 6.92 Å². The van der Waals surface area contributed by atoms with E-state index in [0.717, 1.165) is 27.6 Å². The van der Waals surface area contributed by atoms with Crippen molar-refractivity contribution in [2.24, 2.45) is 0 Å². The number of hydrogen-bond acceptors (Lipinski definition) is 4. The molecular weight excluding hydrogens is 442 g/mol. The van der Waals surface area contributed by atoms with E-state index in [2.05, 4.69) is 21.7 Å². The Balaban J connectivity index is 1.58. The Labute approximate surface area is 204 Å². The molecule has 3 N–H and O–H groups in total. The molecule has 0 spiro atoms. The molecule has 1 unspecified atom stereocenters. The third-order valence-electron chi connectivity index (χ3n) is 5.95. The zero-order valence-electron chi connectivity index (χ0n) is 20.1. The van der Waals surface area contributed by atoms with Crippen LogP contribution in [0, 0.1) is 0 Å². The average molecular weight is 472 g/mol. The van der Waals surface area contributed by atoms with Gasteiger partial charge in [-0.05, 0) is 35.4 Å². The Morgan fingerprint density at radius 1 is 0.914 bits per heavy atom. The number of ether oxygens (including phenoxy) is 2. The minimum absolute atomic E-state index is 0.0935. The number of anilines is 1. The molecule has 7 heteroatoms. The van der Waals surface area contributed by atoms with Gasteiger partial charge in [0, 0.05) is 47.7 Å². The van der Waals surface area contributed by atoms with Crippen molar-refractivity contribution in [2.45, 2.75) is 19.3 Å². The molecule has 0 radical (unpaired) electrons. The summed E-state index contributed by atoms with van der Waals surface area (Å²) in [5, 5.41) is 6.92. The van der Waals surface area contributed by atoms with Crippen LogP contribution < -0.4 is 20.1 Å². The highest BCUT2D eigenvalue weighted by Gasteiger charge is 2.24. The molecule has 2 amide bonds. The molecule has 4 aromatic rings. The maximum atomic E-state index is 12.9. The molecule has 4 rings (SSSR count). The van der Waals surface area contributed by atoms with Crippen molar-refractivity contribution in [3.8, 4) is 11.5 Å². The predicted molar refractivity (Wildman–Crippen MR) is 137 cm³/mol. The van der Waals surface area contributed by atoms with Gasteiger partial charge in [0.1, 0.15) is 0 Å². The van der Waals surface area contributed by atoms with Crippen LogP contribution in [0.1, 0.15) is 29.5 Å². The molecular formula is C28H29N3O4. The van der Waals surface area contributed by atoms with Crippen molar-refractivity contribution in [1.29, 1.82) is 0 Å². The molecule has 7 nitrogen and oxygen atoms in total. The smallest absolute Gasteiger partial charge is 0.224 e. The average Bonchev–Trinajstić information content (AvgIpc) is 3.29. The molecule has 0 saturated carbocycles. The van der Waals surface area contributed by atoms with Crippen LogP contribution in [0.3, 0.4) is 0 Å². The van der Waals surface area contributed by atoms with Crippen molar-refractivity contribution in [1.82, 2.24) is 10.3 Å². The minimum atomic E-state index is -0.165. The lowest BCUT2D eigenvalue weighted by Crippen LogP contribution is -2.30. The number of aromatic nitrogens is 1. The number of benzene rings is 3. The molecule has 1 aromatic heterocycles. The number of fused-ring (bicyclic) bond motifs is 1. The van der Waals surface area contributed by atoms with Crippen LogP contribution in [0.15, 0.2) is 72.9 Å². The topological polar surface area (TPSA) is 92.5 Å². The summed E-state index contributed by atoms with van der Waals surface area (Å²) in [4.78, 5) is 27.4. The maximum Gasteiger partial charge on any atom is 0.224 e. The highest BCUT2D eigenvalue weighted by Crippen LogP contribution is 2.40. The number of aromatic amines is 1. The fourth-order valence-electron chi connectivity index (χ4n) is 4.33. The van der Waals surface area contributed by atoms with Gasteiger partial charge in [-0.2, -0.15) is 0 Å². The summed E-state index contributed by atoms with van der Waals surface area (Å²) in [5.74, 6) is 0.895. The number of carbonyl (C=O) groups excluding carboxylic acids is 2. The van der Waals surface area contributed by atoms with Crippen LogP contribution in [0.5, 0.6) is 11.5 Å². The zero-order chi connectivity index (χ0) is 24.8. The molecule has 0 aliphatic carbocycles. The molecule has 0 aliphatic rings. The largest absolute Gasteiger partial charge is 0.493 e. The van der Waals surface area contributed by atoms with Gasteiger partial charge in [0.2, 0.25) is 11.8 Å². The van der Waals surface area contributed by atoms with E-state index in [-0.39, 0.29) is 24.2 Å². The van der Waals surface area contributed by atoms with Gasteiger partial charge >= 0.3 is 0 Å².